The second-order valence-corrected chi connectivity index (χ2v) is 3.93. The van der Waals surface area contributed by atoms with Gasteiger partial charge in [-0.25, -0.2) is 0 Å². The van der Waals surface area contributed by atoms with Crippen molar-refractivity contribution in [3.63, 3.8) is 0 Å². The van der Waals surface area contributed by atoms with Crippen molar-refractivity contribution >= 4 is 22.4 Å². The van der Waals surface area contributed by atoms with Crippen LogP contribution in [-0.2, 0) is 0 Å². The van der Waals surface area contributed by atoms with Crippen LogP contribution in [0.1, 0.15) is 27.2 Å². The summed E-state index contributed by atoms with van der Waals surface area (Å²) < 4.78 is 0. The molecule has 0 bridgehead atoms. The van der Waals surface area contributed by atoms with Crippen molar-refractivity contribution in [3.8, 4) is 0 Å². The molecule has 0 rings (SSSR count). The van der Waals surface area contributed by atoms with Crippen molar-refractivity contribution in [1.82, 2.24) is 0 Å². The summed E-state index contributed by atoms with van der Waals surface area (Å²) in [5.74, 6) is 0. The first-order valence-electron chi connectivity index (χ1n) is 3.37. The molecule has 0 N–H and O–H groups in total. The Kier molecular flexibility index (Phi) is 7.93. The average molecular weight is 172 g/mol. The first-order chi connectivity index (χ1) is 4.79. The number of hydrogen-bond acceptors (Lipinski definition) is 3. The molecule has 0 aliphatic carbocycles. The third-order valence-electron chi connectivity index (χ3n) is 0.894. The maximum atomic E-state index is 8.33. The molecule has 0 atom stereocenters. The van der Waals surface area contributed by atoms with Gasteiger partial charge in [0.05, 0.1) is 0 Å². The van der Waals surface area contributed by atoms with Crippen molar-refractivity contribution in [3.05, 3.63) is 0 Å². The van der Waals surface area contributed by atoms with Crippen LogP contribution < -0.4 is 10.2 Å². The van der Waals surface area contributed by atoms with Crippen LogP contribution in [0.3, 0.4) is 0 Å². The number of carbonyl (C=O) groups excluding carboxylic acids is 1. The molecule has 0 aliphatic rings. The van der Waals surface area contributed by atoms with Crippen LogP contribution in [0, 0.1) is 5.41 Å². The van der Waals surface area contributed by atoms with Gasteiger partial charge < -0.3 is 15.0 Å². The Morgan fingerprint density at radius 2 is 1.64 bits per heavy atom. The molecule has 0 saturated heterocycles. The van der Waals surface area contributed by atoms with Crippen molar-refractivity contribution in [2.45, 2.75) is 32.5 Å². The van der Waals surface area contributed by atoms with Crippen molar-refractivity contribution in [2.24, 2.45) is 5.41 Å². The summed E-state index contributed by atoms with van der Waals surface area (Å²) in [5, 5.41) is 17.9. The Balaban J connectivity index is 0. The molecule has 11 heavy (non-hydrogen) atoms. The van der Waals surface area contributed by atoms with Crippen LogP contribution in [-0.4, -0.2) is 22.4 Å². The molecular formula is C7H13AlO3. The topological polar surface area (TPSA) is 63.2 Å². The number of carbonyl (C=O) groups is 1. The van der Waals surface area contributed by atoms with Crippen LogP contribution >= 0.6 is 0 Å². The third kappa shape index (κ3) is 41.3. The van der Waals surface area contributed by atoms with E-state index < -0.39 is 6.16 Å². The minimum Gasteiger partial charge on any atom is -0.652 e. The molecule has 0 aromatic rings. The van der Waals surface area contributed by atoms with E-state index >= 15 is 0 Å². The van der Waals surface area contributed by atoms with E-state index in [0.717, 1.165) is 0 Å². The van der Waals surface area contributed by atoms with Gasteiger partial charge in [-0.1, -0.05) is 0 Å². The predicted molar refractivity (Wildman–Crippen MR) is 40.0 cm³/mol. The Bertz CT molecular complexity index is 103. The van der Waals surface area contributed by atoms with E-state index in [1.54, 1.807) is 0 Å². The molecule has 0 spiro atoms. The second-order valence-electron chi connectivity index (χ2n) is 3.35. The molecule has 0 fully saturated rings. The van der Waals surface area contributed by atoms with Crippen LogP contribution in [0.5, 0.6) is 0 Å². The minimum atomic E-state index is -2.33. The van der Waals surface area contributed by atoms with Gasteiger partial charge in [-0.05, 0) is 6.16 Å². The largest absolute Gasteiger partial charge is 0.652 e. The van der Waals surface area contributed by atoms with Crippen LogP contribution in [0.15, 0.2) is 0 Å². The Hall–Kier alpha value is -0.198. The first-order valence-corrected chi connectivity index (χ1v) is 4.19. The SMILES string of the molecule is CC(C)(C)C[CH2][Al+2].O=C([O-])[O-]. The van der Waals surface area contributed by atoms with Crippen molar-refractivity contribution < 1.29 is 15.0 Å². The Labute approximate surface area is 75.8 Å². The summed E-state index contributed by atoms with van der Waals surface area (Å²) in [6.07, 6.45) is -1.03. The van der Waals surface area contributed by atoms with E-state index in [-0.39, 0.29) is 0 Å². The summed E-state index contributed by atoms with van der Waals surface area (Å²) in [6, 6.07) is 0. The normalized spacial score (nSPS) is 9.91. The van der Waals surface area contributed by atoms with Gasteiger partial charge in [0.25, 0.3) is 0 Å². The molecule has 0 saturated carbocycles. The molecule has 62 valence electrons. The molecule has 0 aliphatic heterocycles. The zero-order valence-electron chi connectivity index (χ0n) is 7.22. The van der Waals surface area contributed by atoms with Crippen LogP contribution in [0.4, 0.5) is 4.79 Å². The molecule has 3 nitrogen and oxygen atoms in total. The maximum absolute atomic E-state index is 8.33. The quantitative estimate of drug-likeness (QED) is 0.504. The van der Waals surface area contributed by atoms with Gasteiger partial charge >= 0.3 is 54.2 Å². The molecular weight excluding hydrogens is 159 g/mol. The summed E-state index contributed by atoms with van der Waals surface area (Å²) in [6.45, 7) is 6.78. The second kappa shape index (κ2) is 6.51. The standard InChI is InChI=1S/C6H13.CH2O3.Al/c1-5-6(2,3)4;2-1(3)4;/h1,5H2,2-4H3;(H2,2,3,4);/q;;+2/p-2. The fourth-order valence-corrected chi connectivity index (χ4v) is 1.30. The van der Waals surface area contributed by atoms with E-state index in [1.165, 1.54) is 11.7 Å². The van der Waals surface area contributed by atoms with Gasteiger partial charge in [0.2, 0.25) is 0 Å². The zero-order valence-corrected chi connectivity index (χ0v) is 8.37. The van der Waals surface area contributed by atoms with E-state index in [2.05, 4.69) is 37.1 Å². The predicted octanol–water partition coefficient (Wildman–Crippen LogP) is -0.438. The van der Waals surface area contributed by atoms with Gasteiger partial charge in [0.15, 0.2) is 0 Å². The van der Waals surface area contributed by atoms with E-state index in [4.69, 9.17) is 15.0 Å². The number of carboxylic acid groups (broad SMARTS) is 2. The summed E-state index contributed by atoms with van der Waals surface area (Å²) >= 11 is 2.74. The van der Waals surface area contributed by atoms with Crippen LogP contribution in [0.25, 0.3) is 0 Å². The minimum absolute atomic E-state index is 0.530. The molecule has 4 heteroatoms. The van der Waals surface area contributed by atoms with Gasteiger partial charge in [-0.15, -0.1) is 0 Å². The molecule has 0 aromatic carbocycles. The summed E-state index contributed by atoms with van der Waals surface area (Å²) in [5.41, 5.74) is 0.530. The van der Waals surface area contributed by atoms with Gasteiger partial charge in [0.1, 0.15) is 0 Å². The number of hydrogen-bond donors (Lipinski definition) is 0. The first kappa shape index (κ1) is 13.4. The van der Waals surface area contributed by atoms with E-state index in [0.29, 0.717) is 5.41 Å². The monoisotopic (exact) mass is 172 g/mol. The molecule has 0 unspecified atom stereocenters. The molecule has 0 aromatic heterocycles. The Morgan fingerprint density at radius 1 is 1.36 bits per heavy atom. The maximum Gasteiger partial charge on any atom is -0.0431 e. The molecule has 0 amide bonds. The van der Waals surface area contributed by atoms with Gasteiger partial charge in [-0.2, -0.15) is 0 Å². The average Bonchev–Trinajstić information content (AvgIpc) is 1.58. The van der Waals surface area contributed by atoms with E-state index in [1.807, 2.05) is 0 Å². The van der Waals surface area contributed by atoms with Crippen molar-refractivity contribution in [1.29, 1.82) is 0 Å². The summed E-state index contributed by atoms with van der Waals surface area (Å²) in [7, 11) is 0. The van der Waals surface area contributed by atoms with Gasteiger partial charge in [-0.3, -0.25) is 0 Å². The fourth-order valence-electron chi connectivity index (χ4n) is 0.433. The number of rotatable bonds is 1. The fraction of sp³-hybridized carbons (Fsp3) is 0.857. The zero-order chi connectivity index (χ0) is 9.49. The van der Waals surface area contributed by atoms with Crippen LogP contribution in [0.2, 0.25) is 5.28 Å². The molecule has 0 heterocycles. The Morgan fingerprint density at radius 3 is 1.64 bits per heavy atom. The van der Waals surface area contributed by atoms with E-state index in [9.17, 15) is 0 Å². The third-order valence-corrected chi connectivity index (χ3v) is 1.18. The smallest absolute Gasteiger partial charge is 0.0431 e. The van der Waals surface area contributed by atoms with Gasteiger partial charge in [0, 0.05) is 0 Å². The molecule has 0 radical (unpaired) electrons. The van der Waals surface area contributed by atoms with Crippen molar-refractivity contribution in [2.75, 3.05) is 0 Å². The summed E-state index contributed by atoms with van der Waals surface area (Å²) in [4.78, 5) is 8.33.